The van der Waals surface area contributed by atoms with Gasteiger partial charge in [-0.25, -0.2) is 0 Å². The Kier molecular flexibility index (Phi) is 12.0. The first-order chi connectivity index (χ1) is 13.7. The van der Waals surface area contributed by atoms with Gasteiger partial charge in [0.05, 0.1) is 0 Å². The predicted octanol–water partition coefficient (Wildman–Crippen LogP) is 1.91. The molecule has 2 N–H and O–H groups in total. The minimum atomic E-state index is 0.175. The van der Waals surface area contributed by atoms with E-state index < -0.39 is 0 Å². The largest absolute Gasteiger partial charge is 0.353 e. The SMILES string of the molecule is O=C(CCN(CCS)CCNCCS)NC1CCN(Cc2ccccc2)CC1. The van der Waals surface area contributed by atoms with Crippen LogP contribution in [0.25, 0.3) is 0 Å². The number of nitrogens with one attached hydrogen (secondary N) is 2. The Balaban J connectivity index is 1.62. The Hall–Kier alpha value is -0.730. The lowest BCUT2D eigenvalue weighted by Gasteiger charge is -2.32. The third-order valence-electron chi connectivity index (χ3n) is 5.17. The minimum Gasteiger partial charge on any atom is -0.353 e. The van der Waals surface area contributed by atoms with Gasteiger partial charge in [-0.3, -0.25) is 9.69 Å². The number of hydrogen-bond acceptors (Lipinski definition) is 6. The van der Waals surface area contributed by atoms with Crippen LogP contribution >= 0.6 is 25.3 Å². The zero-order valence-electron chi connectivity index (χ0n) is 16.9. The summed E-state index contributed by atoms with van der Waals surface area (Å²) in [7, 11) is 0. The molecule has 158 valence electrons. The molecule has 1 heterocycles. The molecule has 0 spiro atoms. The highest BCUT2D eigenvalue weighted by molar-refractivity contribution is 7.80. The van der Waals surface area contributed by atoms with Gasteiger partial charge in [-0.1, -0.05) is 30.3 Å². The van der Waals surface area contributed by atoms with Gasteiger partial charge in [0.1, 0.15) is 0 Å². The standard InChI is InChI=1S/C21H36N4OS2/c26-21(8-13-24(15-17-28)14-9-22-10-16-27)23-20-6-11-25(12-7-20)18-19-4-2-1-3-5-19/h1-5,20,22,27-28H,6-18H2,(H,23,26). The van der Waals surface area contributed by atoms with Crippen LogP contribution in [-0.2, 0) is 11.3 Å². The van der Waals surface area contributed by atoms with Gasteiger partial charge >= 0.3 is 0 Å². The monoisotopic (exact) mass is 424 g/mol. The smallest absolute Gasteiger partial charge is 0.221 e. The topological polar surface area (TPSA) is 47.6 Å². The van der Waals surface area contributed by atoms with E-state index in [0.29, 0.717) is 12.5 Å². The van der Waals surface area contributed by atoms with E-state index in [0.717, 1.165) is 76.7 Å². The molecule has 5 nitrogen and oxygen atoms in total. The summed E-state index contributed by atoms with van der Waals surface area (Å²) in [5, 5.41) is 6.59. The average Bonchev–Trinajstić information content (AvgIpc) is 2.71. The lowest BCUT2D eigenvalue weighted by atomic mass is 10.0. The van der Waals surface area contributed by atoms with Gasteiger partial charge in [-0.2, -0.15) is 25.3 Å². The molecule has 0 atom stereocenters. The number of rotatable bonds is 13. The summed E-state index contributed by atoms with van der Waals surface area (Å²) in [5.74, 6) is 1.83. The van der Waals surface area contributed by atoms with E-state index in [1.807, 2.05) is 0 Å². The highest BCUT2D eigenvalue weighted by atomic mass is 32.1. The first-order valence-electron chi connectivity index (χ1n) is 10.4. The van der Waals surface area contributed by atoms with Gasteiger partial charge in [-0.05, 0) is 18.4 Å². The number of benzene rings is 1. The molecule has 28 heavy (non-hydrogen) atoms. The van der Waals surface area contributed by atoms with Crippen LogP contribution in [0.3, 0.4) is 0 Å². The second-order valence-electron chi connectivity index (χ2n) is 7.39. The van der Waals surface area contributed by atoms with Crippen LogP contribution in [0.5, 0.6) is 0 Å². The van der Waals surface area contributed by atoms with Crippen LogP contribution in [0.4, 0.5) is 0 Å². The molecule has 0 aromatic heterocycles. The molecule has 1 fully saturated rings. The number of likely N-dealkylation sites (tertiary alicyclic amines) is 1. The molecule has 7 heteroatoms. The molecule has 1 aliphatic rings. The zero-order valence-corrected chi connectivity index (χ0v) is 18.6. The van der Waals surface area contributed by atoms with Crippen molar-refractivity contribution in [3.63, 3.8) is 0 Å². The molecule has 1 saturated heterocycles. The van der Waals surface area contributed by atoms with Crippen molar-refractivity contribution in [2.75, 3.05) is 57.3 Å². The fourth-order valence-corrected chi connectivity index (χ4v) is 4.00. The van der Waals surface area contributed by atoms with Crippen LogP contribution in [0.2, 0.25) is 0 Å². The van der Waals surface area contributed by atoms with E-state index in [4.69, 9.17) is 0 Å². The van der Waals surface area contributed by atoms with E-state index in [-0.39, 0.29) is 5.91 Å². The van der Waals surface area contributed by atoms with Gasteiger partial charge in [0.15, 0.2) is 0 Å². The van der Waals surface area contributed by atoms with Crippen LogP contribution in [0.1, 0.15) is 24.8 Å². The maximum Gasteiger partial charge on any atom is 0.221 e. The summed E-state index contributed by atoms with van der Waals surface area (Å²) in [6.45, 7) is 7.58. The first-order valence-corrected chi connectivity index (χ1v) is 11.7. The highest BCUT2D eigenvalue weighted by Crippen LogP contribution is 2.14. The molecule has 1 aromatic rings. The Morgan fingerprint density at radius 3 is 2.46 bits per heavy atom. The number of carbonyl (C=O) groups excluding carboxylic acids is 1. The Morgan fingerprint density at radius 2 is 1.79 bits per heavy atom. The molecule has 2 rings (SSSR count). The maximum atomic E-state index is 12.4. The Labute approximate surface area is 181 Å². The van der Waals surface area contributed by atoms with Crippen molar-refractivity contribution >= 4 is 31.2 Å². The van der Waals surface area contributed by atoms with E-state index in [1.165, 1.54) is 5.56 Å². The summed E-state index contributed by atoms with van der Waals surface area (Å²) in [6, 6.07) is 10.9. The second kappa shape index (κ2) is 14.3. The van der Waals surface area contributed by atoms with Gasteiger partial charge in [0.2, 0.25) is 5.91 Å². The Bertz CT molecular complexity index is 538. The number of hydrogen-bond donors (Lipinski definition) is 4. The van der Waals surface area contributed by atoms with Crippen molar-refractivity contribution in [2.24, 2.45) is 0 Å². The molecule has 0 saturated carbocycles. The summed E-state index contributed by atoms with van der Waals surface area (Å²) in [5.41, 5.74) is 1.36. The average molecular weight is 425 g/mol. The summed E-state index contributed by atoms with van der Waals surface area (Å²) >= 11 is 8.54. The molecule has 1 aliphatic heterocycles. The molecule has 1 aromatic carbocycles. The lowest BCUT2D eigenvalue weighted by molar-refractivity contribution is -0.122. The van der Waals surface area contributed by atoms with E-state index >= 15 is 0 Å². The van der Waals surface area contributed by atoms with Crippen LogP contribution in [-0.4, -0.2) is 79.1 Å². The molecule has 0 unspecified atom stereocenters. The van der Waals surface area contributed by atoms with Crippen molar-refractivity contribution < 1.29 is 4.79 Å². The summed E-state index contributed by atoms with van der Waals surface area (Å²) < 4.78 is 0. The number of nitrogens with zero attached hydrogens (tertiary/aromatic N) is 2. The maximum absolute atomic E-state index is 12.4. The highest BCUT2D eigenvalue weighted by Gasteiger charge is 2.20. The van der Waals surface area contributed by atoms with Crippen molar-refractivity contribution in [3.05, 3.63) is 35.9 Å². The summed E-state index contributed by atoms with van der Waals surface area (Å²) in [6.07, 6.45) is 2.63. The van der Waals surface area contributed by atoms with Crippen molar-refractivity contribution in [1.29, 1.82) is 0 Å². The van der Waals surface area contributed by atoms with Gasteiger partial charge in [-0.15, -0.1) is 0 Å². The fraction of sp³-hybridized carbons (Fsp3) is 0.667. The van der Waals surface area contributed by atoms with Crippen LogP contribution in [0.15, 0.2) is 30.3 Å². The molecule has 0 bridgehead atoms. The van der Waals surface area contributed by atoms with Crippen LogP contribution in [0, 0.1) is 0 Å². The normalized spacial score (nSPS) is 15.8. The minimum absolute atomic E-state index is 0.175. The number of carbonyl (C=O) groups is 1. The quantitative estimate of drug-likeness (QED) is 0.289. The number of thiol groups is 2. The van der Waals surface area contributed by atoms with Gasteiger partial charge in [0, 0.05) is 76.3 Å². The molecule has 0 radical (unpaired) electrons. The van der Waals surface area contributed by atoms with Gasteiger partial charge < -0.3 is 15.5 Å². The third kappa shape index (κ3) is 9.65. The van der Waals surface area contributed by atoms with E-state index in [1.54, 1.807) is 0 Å². The first kappa shape index (κ1) is 23.5. The molecule has 0 aliphatic carbocycles. The molecule has 1 amide bonds. The third-order valence-corrected chi connectivity index (χ3v) is 5.59. The zero-order chi connectivity index (χ0) is 20.0. The van der Waals surface area contributed by atoms with Crippen LogP contribution < -0.4 is 10.6 Å². The molecular weight excluding hydrogens is 388 g/mol. The van der Waals surface area contributed by atoms with Crippen molar-refractivity contribution in [3.8, 4) is 0 Å². The van der Waals surface area contributed by atoms with Gasteiger partial charge in [0.25, 0.3) is 0 Å². The van der Waals surface area contributed by atoms with Crippen molar-refractivity contribution in [1.82, 2.24) is 20.4 Å². The second-order valence-corrected chi connectivity index (χ2v) is 8.29. The Morgan fingerprint density at radius 1 is 1.04 bits per heavy atom. The fourth-order valence-electron chi connectivity index (χ4n) is 3.55. The number of amides is 1. The lowest BCUT2D eigenvalue weighted by Crippen LogP contribution is -2.45. The predicted molar refractivity (Wildman–Crippen MR) is 125 cm³/mol. The van der Waals surface area contributed by atoms with E-state index in [2.05, 4.69) is 76.0 Å². The summed E-state index contributed by atoms with van der Waals surface area (Å²) in [4.78, 5) is 17.2. The van der Waals surface area contributed by atoms with Crippen molar-refractivity contribution in [2.45, 2.75) is 31.8 Å². The molecular formula is C21H36N4OS2. The number of piperidine rings is 1. The van der Waals surface area contributed by atoms with E-state index in [9.17, 15) is 4.79 Å².